The highest BCUT2D eigenvalue weighted by atomic mass is 14.9. The van der Waals surface area contributed by atoms with Gasteiger partial charge in [0.25, 0.3) is 0 Å². The average molecular weight is 243 g/mol. The third kappa shape index (κ3) is 2.47. The molecule has 0 spiro atoms. The summed E-state index contributed by atoms with van der Waals surface area (Å²) in [6.07, 6.45) is 8.48. The van der Waals surface area contributed by atoms with E-state index in [2.05, 4.69) is 42.7 Å². The van der Waals surface area contributed by atoms with Gasteiger partial charge in [-0.15, -0.1) is 0 Å². The van der Waals surface area contributed by atoms with Crippen LogP contribution < -0.4 is 5.32 Å². The zero-order valence-corrected chi connectivity index (χ0v) is 11.4. The number of fused-ring (bicyclic) bond motifs is 1. The Balaban J connectivity index is 1.54. The SMILES string of the molecule is CNC(CCc1ccccc1)C1C2CCCCC21. The lowest BCUT2D eigenvalue weighted by molar-refractivity contribution is 0.435. The van der Waals surface area contributed by atoms with Gasteiger partial charge in [-0.3, -0.25) is 0 Å². The van der Waals surface area contributed by atoms with Gasteiger partial charge in [0.15, 0.2) is 0 Å². The van der Waals surface area contributed by atoms with Crippen molar-refractivity contribution in [1.29, 1.82) is 0 Å². The number of hydrogen-bond donors (Lipinski definition) is 1. The van der Waals surface area contributed by atoms with Crippen molar-refractivity contribution in [2.24, 2.45) is 17.8 Å². The van der Waals surface area contributed by atoms with Crippen molar-refractivity contribution in [2.45, 2.75) is 44.6 Å². The summed E-state index contributed by atoms with van der Waals surface area (Å²) in [5, 5.41) is 3.59. The van der Waals surface area contributed by atoms with Crippen molar-refractivity contribution in [3.8, 4) is 0 Å². The summed E-state index contributed by atoms with van der Waals surface area (Å²) in [6, 6.07) is 11.7. The molecule has 0 radical (unpaired) electrons. The number of nitrogens with one attached hydrogen (secondary N) is 1. The van der Waals surface area contributed by atoms with Crippen LogP contribution in [0.5, 0.6) is 0 Å². The Hall–Kier alpha value is -0.820. The smallest absolute Gasteiger partial charge is 0.0101 e. The molecule has 3 rings (SSSR count). The van der Waals surface area contributed by atoms with Crippen LogP contribution in [0.3, 0.4) is 0 Å². The molecule has 0 aromatic heterocycles. The summed E-state index contributed by atoms with van der Waals surface area (Å²) in [4.78, 5) is 0. The van der Waals surface area contributed by atoms with E-state index < -0.39 is 0 Å². The van der Waals surface area contributed by atoms with Gasteiger partial charge in [-0.2, -0.15) is 0 Å². The third-order valence-corrected chi connectivity index (χ3v) is 5.14. The van der Waals surface area contributed by atoms with Crippen molar-refractivity contribution in [1.82, 2.24) is 5.32 Å². The molecule has 0 saturated heterocycles. The summed E-state index contributed by atoms with van der Waals surface area (Å²) >= 11 is 0. The van der Waals surface area contributed by atoms with Crippen molar-refractivity contribution < 1.29 is 0 Å². The minimum Gasteiger partial charge on any atom is -0.317 e. The Bertz CT molecular complexity index is 360. The van der Waals surface area contributed by atoms with Gasteiger partial charge in [0, 0.05) is 6.04 Å². The Labute approximate surface area is 111 Å². The molecular formula is C17H25N. The summed E-state index contributed by atoms with van der Waals surface area (Å²) in [6.45, 7) is 0. The predicted molar refractivity (Wildman–Crippen MR) is 76.5 cm³/mol. The van der Waals surface area contributed by atoms with Gasteiger partial charge < -0.3 is 5.32 Å². The molecule has 3 unspecified atom stereocenters. The first-order valence-electron chi connectivity index (χ1n) is 7.61. The van der Waals surface area contributed by atoms with Gasteiger partial charge in [-0.25, -0.2) is 0 Å². The Kier molecular flexibility index (Phi) is 3.69. The first-order valence-corrected chi connectivity index (χ1v) is 7.61. The predicted octanol–water partition coefficient (Wildman–Crippen LogP) is 3.64. The zero-order valence-electron chi connectivity index (χ0n) is 11.4. The van der Waals surface area contributed by atoms with E-state index in [1.165, 1.54) is 44.1 Å². The monoisotopic (exact) mass is 243 g/mol. The highest BCUT2D eigenvalue weighted by molar-refractivity contribution is 5.15. The maximum atomic E-state index is 3.59. The van der Waals surface area contributed by atoms with Crippen LogP contribution in [-0.4, -0.2) is 13.1 Å². The maximum Gasteiger partial charge on any atom is 0.0101 e. The third-order valence-electron chi connectivity index (χ3n) is 5.14. The fourth-order valence-electron chi connectivity index (χ4n) is 4.14. The molecule has 1 aromatic rings. The van der Waals surface area contributed by atoms with Crippen LogP contribution in [0.2, 0.25) is 0 Å². The second-order valence-electron chi connectivity index (χ2n) is 6.11. The van der Waals surface area contributed by atoms with E-state index in [0.29, 0.717) is 0 Å². The van der Waals surface area contributed by atoms with Crippen LogP contribution in [0.25, 0.3) is 0 Å². The van der Waals surface area contributed by atoms with Crippen molar-refractivity contribution in [3.05, 3.63) is 35.9 Å². The van der Waals surface area contributed by atoms with E-state index in [1.807, 2.05) is 0 Å². The van der Waals surface area contributed by atoms with Crippen LogP contribution in [-0.2, 0) is 6.42 Å². The van der Waals surface area contributed by atoms with Crippen molar-refractivity contribution >= 4 is 0 Å². The van der Waals surface area contributed by atoms with Crippen LogP contribution in [0, 0.1) is 17.8 Å². The second-order valence-corrected chi connectivity index (χ2v) is 6.11. The second kappa shape index (κ2) is 5.44. The highest BCUT2D eigenvalue weighted by Gasteiger charge is 2.53. The summed E-state index contributed by atoms with van der Waals surface area (Å²) in [5.74, 6) is 3.11. The van der Waals surface area contributed by atoms with Gasteiger partial charge in [0.1, 0.15) is 0 Å². The van der Waals surface area contributed by atoms with E-state index in [-0.39, 0.29) is 0 Å². The molecule has 0 amide bonds. The van der Waals surface area contributed by atoms with Gasteiger partial charge >= 0.3 is 0 Å². The highest BCUT2D eigenvalue weighted by Crippen LogP contribution is 2.57. The average Bonchev–Trinajstić information content (AvgIpc) is 3.15. The molecular weight excluding hydrogens is 218 g/mol. The lowest BCUT2D eigenvalue weighted by Crippen LogP contribution is -2.29. The lowest BCUT2D eigenvalue weighted by atomic mass is 10.00. The molecule has 0 heterocycles. The van der Waals surface area contributed by atoms with Gasteiger partial charge in [-0.1, -0.05) is 43.2 Å². The topological polar surface area (TPSA) is 12.0 Å². The molecule has 2 aliphatic rings. The van der Waals surface area contributed by atoms with Crippen molar-refractivity contribution in [2.75, 3.05) is 7.05 Å². The summed E-state index contributed by atoms with van der Waals surface area (Å²) in [7, 11) is 2.15. The fourth-order valence-corrected chi connectivity index (χ4v) is 4.14. The molecule has 2 fully saturated rings. The molecule has 1 heteroatoms. The number of hydrogen-bond acceptors (Lipinski definition) is 1. The molecule has 1 N–H and O–H groups in total. The van der Waals surface area contributed by atoms with Crippen LogP contribution in [0.4, 0.5) is 0 Å². The molecule has 2 saturated carbocycles. The normalized spacial score (nSPS) is 31.7. The zero-order chi connectivity index (χ0) is 12.4. The lowest BCUT2D eigenvalue weighted by Gasteiger charge is -2.16. The number of aryl methyl sites for hydroxylation is 1. The van der Waals surface area contributed by atoms with Gasteiger partial charge in [0.05, 0.1) is 0 Å². The van der Waals surface area contributed by atoms with Gasteiger partial charge in [-0.05, 0) is 56.0 Å². The van der Waals surface area contributed by atoms with E-state index in [0.717, 1.165) is 23.8 Å². The minimum atomic E-state index is 0.748. The quantitative estimate of drug-likeness (QED) is 0.832. The number of benzene rings is 1. The summed E-state index contributed by atoms with van der Waals surface area (Å²) < 4.78 is 0. The first kappa shape index (κ1) is 12.2. The Morgan fingerprint density at radius 3 is 2.39 bits per heavy atom. The molecule has 3 atom stereocenters. The Morgan fingerprint density at radius 2 is 1.78 bits per heavy atom. The number of rotatable bonds is 5. The van der Waals surface area contributed by atoms with Crippen LogP contribution in [0.1, 0.15) is 37.7 Å². The first-order chi connectivity index (χ1) is 8.90. The van der Waals surface area contributed by atoms with E-state index in [9.17, 15) is 0 Å². The largest absolute Gasteiger partial charge is 0.317 e. The van der Waals surface area contributed by atoms with Crippen molar-refractivity contribution in [3.63, 3.8) is 0 Å². The molecule has 1 nitrogen and oxygen atoms in total. The fraction of sp³-hybridized carbons (Fsp3) is 0.647. The standard InChI is InChI=1S/C17H25N/c1-18-16(12-11-13-7-3-2-4-8-13)17-14-9-5-6-10-15(14)17/h2-4,7-8,14-18H,5-6,9-12H2,1H3. The van der Waals surface area contributed by atoms with Crippen LogP contribution >= 0.6 is 0 Å². The molecule has 0 aliphatic heterocycles. The Morgan fingerprint density at radius 1 is 1.11 bits per heavy atom. The molecule has 2 aliphatic carbocycles. The van der Waals surface area contributed by atoms with E-state index in [4.69, 9.17) is 0 Å². The minimum absolute atomic E-state index is 0.748. The molecule has 98 valence electrons. The van der Waals surface area contributed by atoms with E-state index in [1.54, 1.807) is 0 Å². The molecule has 0 bridgehead atoms. The summed E-state index contributed by atoms with van der Waals surface area (Å²) in [5.41, 5.74) is 1.49. The molecule has 18 heavy (non-hydrogen) atoms. The van der Waals surface area contributed by atoms with E-state index >= 15 is 0 Å². The van der Waals surface area contributed by atoms with Gasteiger partial charge in [0.2, 0.25) is 0 Å². The maximum absolute atomic E-state index is 3.59. The molecule has 1 aromatic carbocycles. The van der Waals surface area contributed by atoms with Crippen LogP contribution in [0.15, 0.2) is 30.3 Å².